The molecule has 104 valence electrons. The van der Waals surface area contributed by atoms with Crippen molar-refractivity contribution in [2.75, 3.05) is 13.6 Å². The molecule has 6 heteroatoms. The van der Waals surface area contributed by atoms with Crippen LogP contribution in [-0.2, 0) is 16.1 Å². The van der Waals surface area contributed by atoms with Gasteiger partial charge in [0, 0.05) is 20.0 Å². The van der Waals surface area contributed by atoms with Gasteiger partial charge in [0.15, 0.2) is 0 Å². The summed E-state index contributed by atoms with van der Waals surface area (Å²) in [6.45, 7) is 0.840. The standard InChI is InChI=1S/C14H16N4O2/c1-18-8-9(6-13(18)19)14(20)15-7-12-16-10-4-2-3-5-11(10)17-12/h2-5,9H,6-8H2,1H3,(H,15,20)(H,16,17). The second-order valence-corrected chi connectivity index (χ2v) is 5.09. The Balaban J connectivity index is 1.62. The monoisotopic (exact) mass is 272 g/mol. The lowest BCUT2D eigenvalue weighted by molar-refractivity contribution is -0.128. The zero-order valence-electron chi connectivity index (χ0n) is 11.2. The number of nitrogens with one attached hydrogen (secondary N) is 2. The molecule has 1 aliphatic heterocycles. The molecule has 2 heterocycles. The number of H-pyrrole nitrogens is 1. The van der Waals surface area contributed by atoms with Crippen LogP contribution in [0.2, 0.25) is 0 Å². The van der Waals surface area contributed by atoms with Gasteiger partial charge in [-0.1, -0.05) is 12.1 Å². The van der Waals surface area contributed by atoms with Crippen LogP contribution in [0.15, 0.2) is 24.3 Å². The summed E-state index contributed by atoms with van der Waals surface area (Å²) in [5, 5.41) is 2.83. The van der Waals surface area contributed by atoms with E-state index in [1.807, 2.05) is 24.3 Å². The van der Waals surface area contributed by atoms with Crippen molar-refractivity contribution in [3.05, 3.63) is 30.1 Å². The maximum Gasteiger partial charge on any atom is 0.225 e. The molecule has 1 aromatic carbocycles. The minimum atomic E-state index is -0.253. The van der Waals surface area contributed by atoms with Gasteiger partial charge in [-0.25, -0.2) is 4.98 Å². The minimum absolute atomic E-state index is 0.0221. The van der Waals surface area contributed by atoms with Gasteiger partial charge in [-0.3, -0.25) is 9.59 Å². The lowest BCUT2D eigenvalue weighted by atomic mass is 10.1. The number of likely N-dealkylation sites (tertiary alicyclic amines) is 1. The van der Waals surface area contributed by atoms with Crippen molar-refractivity contribution in [3.63, 3.8) is 0 Å². The third-order valence-electron chi connectivity index (χ3n) is 3.58. The lowest BCUT2D eigenvalue weighted by Crippen LogP contribution is -2.32. The Kier molecular flexibility index (Phi) is 3.14. The summed E-state index contributed by atoms with van der Waals surface area (Å²) < 4.78 is 0. The molecule has 3 rings (SSSR count). The Hall–Kier alpha value is -2.37. The fourth-order valence-electron chi connectivity index (χ4n) is 2.44. The molecule has 1 fully saturated rings. The predicted octanol–water partition coefficient (Wildman–Crippen LogP) is 0.657. The quantitative estimate of drug-likeness (QED) is 0.861. The van der Waals surface area contributed by atoms with Gasteiger partial charge < -0.3 is 15.2 Å². The van der Waals surface area contributed by atoms with E-state index in [0.717, 1.165) is 16.9 Å². The minimum Gasteiger partial charge on any atom is -0.349 e. The summed E-state index contributed by atoms with van der Waals surface area (Å²) >= 11 is 0. The average molecular weight is 272 g/mol. The molecule has 2 aromatic rings. The van der Waals surface area contributed by atoms with Crippen LogP contribution in [0, 0.1) is 5.92 Å². The number of rotatable bonds is 3. The molecule has 0 saturated carbocycles. The highest BCUT2D eigenvalue weighted by atomic mass is 16.2. The highest BCUT2D eigenvalue weighted by Gasteiger charge is 2.31. The topological polar surface area (TPSA) is 78.1 Å². The molecule has 0 radical (unpaired) electrons. The Morgan fingerprint density at radius 3 is 3.00 bits per heavy atom. The molecular weight excluding hydrogens is 256 g/mol. The fourth-order valence-corrected chi connectivity index (χ4v) is 2.44. The first-order chi connectivity index (χ1) is 9.63. The first-order valence-electron chi connectivity index (χ1n) is 6.59. The molecule has 1 atom stereocenters. The van der Waals surface area contributed by atoms with Crippen LogP contribution in [0.25, 0.3) is 11.0 Å². The molecule has 2 amide bonds. The molecule has 20 heavy (non-hydrogen) atoms. The summed E-state index contributed by atoms with van der Waals surface area (Å²) in [7, 11) is 1.72. The molecular formula is C14H16N4O2. The number of carbonyl (C=O) groups excluding carboxylic acids is 2. The Morgan fingerprint density at radius 2 is 2.30 bits per heavy atom. The summed E-state index contributed by atoms with van der Waals surface area (Å²) in [6, 6.07) is 7.72. The average Bonchev–Trinajstić information content (AvgIpc) is 3.00. The van der Waals surface area contributed by atoms with E-state index >= 15 is 0 Å². The van der Waals surface area contributed by atoms with Gasteiger partial charge in [0.1, 0.15) is 5.82 Å². The number of amides is 2. The largest absolute Gasteiger partial charge is 0.349 e. The van der Waals surface area contributed by atoms with Crippen molar-refractivity contribution in [3.8, 4) is 0 Å². The zero-order valence-corrected chi connectivity index (χ0v) is 11.2. The predicted molar refractivity (Wildman–Crippen MR) is 73.7 cm³/mol. The molecule has 1 aliphatic rings. The highest BCUT2D eigenvalue weighted by molar-refractivity contribution is 5.89. The SMILES string of the molecule is CN1CC(C(=O)NCc2nc3ccccc3[nH]2)CC1=O. The maximum absolute atomic E-state index is 12.0. The van der Waals surface area contributed by atoms with E-state index in [9.17, 15) is 9.59 Å². The van der Waals surface area contributed by atoms with Gasteiger partial charge in [0.05, 0.1) is 23.5 Å². The van der Waals surface area contributed by atoms with E-state index in [4.69, 9.17) is 0 Å². The van der Waals surface area contributed by atoms with Gasteiger partial charge in [-0.05, 0) is 12.1 Å². The lowest BCUT2D eigenvalue weighted by Gasteiger charge is -2.10. The van der Waals surface area contributed by atoms with Crippen LogP contribution >= 0.6 is 0 Å². The van der Waals surface area contributed by atoms with Gasteiger partial charge in [0.2, 0.25) is 11.8 Å². The van der Waals surface area contributed by atoms with Gasteiger partial charge in [-0.2, -0.15) is 0 Å². The first-order valence-corrected chi connectivity index (χ1v) is 6.59. The van der Waals surface area contributed by atoms with Gasteiger partial charge in [-0.15, -0.1) is 0 Å². The van der Waals surface area contributed by atoms with E-state index in [1.54, 1.807) is 11.9 Å². The number of imidazole rings is 1. The summed E-state index contributed by atoms with van der Waals surface area (Å²) in [5.41, 5.74) is 1.83. The number of carbonyl (C=O) groups is 2. The second kappa shape index (κ2) is 4.96. The number of hydrogen-bond donors (Lipinski definition) is 2. The van der Waals surface area contributed by atoms with Crippen LogP contribution < -0.4 is 5.32 Å². The van der Waals surface area contributed by atoms with Crippen LogP contribution in [0.3, 0.4) is 0 Å². The van der Waals surface area contributed by atoms with Crippen molar-refractivity contribution in [1.29, 1.82) is 0 Å². The van der Waals surface area contributed by atoms with Gasteiger partial charge >= 0.3 is 0 Å². The van der Waals surface area contributed by atoms with E-state index in [2.05, 4.69) is 15.3 Å². The normalized spacial score (nSPS) is 18.8. The molecule has 0 spiro atoms. The molecule has 0 bridgehead atoms. The summed E-state index contributed by atoms with van der Waals surface area (Å²) in [4.78, 5) is 32.5. The molecule has 0 aliphatic carbocycles. The van der Waals surface area contributed by atoms with Crippen molar-refractivity contribution in [2.24, 2.45) is 5.92 Å². The van der Waals surface area contributed by atoms with Crippen LogP contribution in [0.4, 0.5) is 0 Å². The summed E-state index contributed by atoms with van der Waals surface area (Å²) in [6.07, 6.45) is 0.294. The molecule has 1 unspecified atom stereocenters. The number of aromatic amines is 1. The number of benzene rings is 1. The van der Waals surface area contributed by atoms with Gasteiger partial charge in [0.25, 0.3) is 0 Å². The van der Waals surface area contributed by atoms with Crippen molar-refractivity contribution < 1.29 is 9.59 Å². The molecule has 1 aromatic heterocycles. The first kappa shape index (κ1) is 12.7. The second-order valence-electron chi connectivity index (χ2n) is 5.09. The maximum atomic E-state index is 12.0. The highest BCUT2D eigenvalue weighted by Crippen LogP contribution is 2.16. The molecule has 1 saturated heterocycles. The number of hydrogen-bond acceptors (Lipinski definition) is 3. The van der Waals surface area contributed by atoms with Crippen LogP contribution in [-0.4, -0.2) is 40.3 Å². The Morgan fingerprint density at radius 1 is 1.50 bits per heavy atom. The van der Waals surface area contributed by atoms with Crippen LogP contribution in [0.1, 0.15) is 12.2 Å². The van der Waals surface area contributed by atoms with E-state index in [0.29, 0.717) is 19.5 Å². The van der Waals surface area contributed by atoms with Crippen molar-refractivity contribution in [1.82, 2.24) is 20.2 Å². The van der Waals surface area contributed by atoms with E-state index in [1.165, 1.54) is 0 Å². The number of para-hydroxylation sites is 2. The summed E-state index contributed by atoms with van der Waals surface area (Å²) in [5.74, 6) is 0.395. The zero-order chi connectivity index (χ0) is 14.1. The van der Waals surface area contributed by atoms with E-state index in [-0.39, 0.29) is 17.7 Å². The van der Waals surface area contributed by atoms with Crippen molar-refractivity contribution >= 4 is 22.8 Å². The van der Waals surface area contributed by atoms with Crippen LogP contribution in [0.5, 0.6) is 0 Å². The number of fused-ring (bicyclic) bond motifs is 1. The third-order valence-corrected chi connectivity index (χ3v) is 3.58. The number of aromatic nitrogens is 2. The third kappa shape index (κ3) is 2.36. The Bertz CT molecular complexity index is 631. The molecule has 2 N–H and O–H groups in total. The smallest absolute Gasteiger partial charge is 0.225 e. The Labute approximate surface area is 116 Å². The van der Waals surface area contributed by atoms with E-state index < -0.39 is 0 Å². The number of nitrogens with zero attached hydrogens (tertiary/aromatic N) is 2. The van der Waals surface area contributed by atoms with Crippen molar-refractivity contribution in [2.45, 2.75) is 13.0 Å². The fraction of sp³-hybridized carbons (Fsp3) is 0.357. The molecule has 6 nitrogen and oxygen atoms in total.